The minimum absolute atomic E-state index is 0.261. The Bertz CT molecular complexity index is 504. The molecule has 0 aliphatic heterocycles. The summed E-state index contributed by atoms with van der Waals surface area (Å²) in [7, 11) is 0. The van der Waals surface area contributed by atoms with Gasteiger partial charge in [-0.15, -0.1) is 0 Å². The van der Waals surface area contributed by atoms with Crippen LogP contribution < -0.4 is 0 Å². The summed E-state index contributed by atoms with van der Waals surface area (Å²) in [5, 5.41) is 18.6. The number of rotatable bonds is 1. The fourth-order valence-electron chi connectivity index (χ4n) is 2.62. The van der Waals surface area contributed by atoms with Crippen molar-refractivity contribution in [2.75, 3.05) is 0 Å². The molecule has 2 nitrogen and oxygen atoms in total. The lowest BCUT2D eigenvalue weighted by Crippen LogP contribution is -2.23. The fraction of sp³-hybridized carbons (Fsp3) is 0.500. The first-order chi connectivity index (χ1) is 8.93. The Morgan fingerprint density at radius 1 is 1.21 bits per heavy atom. The molecule has 19 heavy (non-hydrogen) atoms. The highest BCUT2D eigenvalue weighted by Crippen LogP contribution is 2.37. The SMILES string of the molecule is N#Cc1ccc([C@H]2CCCC[C@@H]2O)cc1C(F)(F)F. The van der Waals surface area contributed by atoms with Crippen LogP contribution in [0.3, 0.4) is 0 Å². The average molecular weight is 269 g/mol. The molecule has 0 unspecified atom stereocenters. The lowest BCUT2D eigenvalue weighted by molar-refractivity contribution is -0.137. The van der Waals surface area contributed by atoms with Crippen molar-refractivity contribution in [3.05, 3.63) is 34.9 Å². The third-order valence-electron chi connectivity index (χ3n) is 3.63. The minimum Gasteiger partial charge on any atom is -0.392 e. The van der Waals surface area contributed by atoms with Crippen molar-refractivity contribution in [1.82, 2.24) is 0 Å². The molecule has 0 radical (unpaired) electrons. The van der Waals surface area contributed by atoms with E-state index < -0.39 is 17.8 Å². The molecular weight excluding hydrogens is 255 g/mol. The maximum atomic E-state index is 12.9. The predicted octanol–water partition coefficient (Wildman–Crippen LogP) is 3.60. The van der Waals surface area contributed by atoms with Gasteiger partial charge in [0.2, 0.25) is 0 Å². The summed E-state index contributed by atoms with van der Waals surface area (Å²) in [5.41, 5.74) is -0.814. The van der Waals surface area contributed by atoms with Crippen LogP contribution in [0.15, 0.2) is 18.2 Å². The highest BCUT2D eigenvalue weighted by molar-refractivity contribution is 5.43. The second kappa shape index (κ2) is 5.22. The van der Waals surface area contributed by atoms with Crippen molar-refractivity contribution in [2.45, 2.75) is 43.9 Å². The number of nitriles is 1. The van der Waals surface area contributed by atoms with Gasteiger partial charge in [-0.3, -0.25) is 0 Å². The van der Waals surface area contributed by atoms with Gasteiger partial charge in [0, 0.05) is 5.92 Å². The van der Waals surface area contributed by atoms with Crippen LogP contribution in [-0.4, -0.2) is 11.2 Å². The summed E-state index contributed by atoms with van der Waals surface area (Å²) in [6, 6.07) is 5.29. The van der Waals surface area contributed by atoms with Gasteiger partial charge in [0.15, 0.2) is 0 Å². The van der Waals surface area contributed by atoms with E-state index in [0.29, 0.717) is 18.4 Å². The first-order valence-corrected chi connectivity index (χ1v) is 6.23. The topological polar surface area (TPSA) is 44.0 Å². The number of hydrogen-bond acceptors (Lipinski definition) is 2. The van der Waals surface area contributed by atoms with Crippen molar-refractivity contribution >= 4 is 0 Å². The first-order valence-electron chi connectivity index (χ1n) is 6.23. The van der Waals surface area contributed by atoms with E-state index in [2.05, 4.69) is 0 Å². The Morgan fingerprint density at radius 3 is 2.47 bits per heavy atom. The van der Waals surface area contributed by atoms with Crippen LogP contribution in [0.4, 0.5) is 13.2 Å². The number of halogens is 3. The number of benzene rings is 1. The first kappa shape index (κ1) is 13.9. The molecule has 2 rings (SSSR count). The zero-order valence-electron chi connectivity index (χ0n) is 10.2. The summed E-state index contributed by atoms with van der Waals surface area (Å²) in [5.74, 6) is -0.261. The highest BCUT2D eigenvalue weighted by Gasteiger charge is 2.35. The molecule has 1 aliphatic carbocycles. The molecule has 1 aliphatic rings. The standard InChI is InChI=1S/C14H14F3NO/c15-14(16,17)12-7-9(5-6-10(12)8-18)11-3-1-2-4-13(11)19/h5-7,11,13,19H,1-4H2/t11-,13+/m1/s1. The van der Waals surface area contributed by atoms with Gasteiger partial charge in [-0.25, -0.2) is 0 Å². The number of alkyl halides is 3. The molecule has 0 heterocycles. The average Bonchev–Trinajstić information content (AvgIpc) is 2.37. The van der Waals surface area contributed by atoms with Crippen LogP contribution in [0.25, 0.3) is 0 Å². The van der Waals surface area contributed by atoms with Gasteiger partial charge in [0.1, 0.15) is 0 Å². The summed E-state index contributed by atoms with van der Waals surface area (Å²) in [4.78, 5) is 0. The normalized spacial score (nSPS) is 23.9. The fourth-order valence-corrected chi connectivity index (χ4v) is 2.62. The second-order valence-electron chi connectivity index (χ2n) is 4.87. The van der Waals surface area contributed by atoms with Crippen molar-refractivity contribution in [3.63, 3.8) is 0 Å². The van der Waals surface area contributed by atoms with Crippen molar-refractivity contribution in [1.29, 1.82) is 5.26 Å². The van der Waals surface area contributed by atoms with E-state index in [1.54, 1.807) is 6.07 Å². The molecule has 1 aromatic carbocycles. The van der Waals surface area contributed by atoms with Gasteiger partial charge in [-0.2, -0.15) is 18.4 Å². The molecule has 0 spiro atoms. The van der Waals surface area contributed by atoms with E-state index in [9.17, 15) is 18.3 Å². The number of aliphatic hydroxyl groups is 1. The van der Waals surface area contributed by atoms with Crippen LogP contribution in [-0.2, 0) is 6.18 Å². The molecule has 1 fully saturated rings. The van der Waals surface area contributed by atoms with Gasteiger partial charge < -0.3 is 5.11 Å². The van der Waals surface area contributed by atoms with Crippen LogP contribution in [0, 0.1) is 11.3 Å². The lowest BCUT2D eigenvalue weighted by atomic mass is 9.81. The van der Waals surface area contributed by atoms with Gasteiger partial charge in [-0.05, 0) is 30.5 Å². The number of nitrogens with zero attached hydrogens (tertiary/aromatic N) is 1. The third kappa shape index (κ3) is 2.90. The van der Waals surface area contributed by atoms with E-state index >= 15 is 0 Å². The zero-order chi connectivity index (χ0) is 14.0. The Morgan fingerprint density at radius 2 is 1.89 bits per heavy atom. The van der Waals surface area contributed by atoms with Crippen LogP contribution in [0.1, 0.15) is 48.3 Å². The van der Waals surface area contributed by atoms with E-state index in [-0.39, 0.29) is 11.5 Å². The molecule has 0 amide bonds. The van der Waals surface area contributed by atoms with Gasteiger partial charge >= 0.3 is 6.18 Å². The lowest BCUT2D eigenvalue weighted by Gasteiger charge is -2.28. The van der Waals surface area contributed by atoms with E-state index in [1.165, 1.54) is 12.1 Å². The molecule has 5 heteroatoms. The zero-order valence-corrected chi connectivity index (χ0v) is 10.2. The van der Waals surface area contributed by atoms with Crippen LogP contribution in [0.2, 0.25) is 0 Å². The molecule has 0 saturated heterocycles. The van der Waals surface area contributed by atoms with Crippen molar-refractivity contribution in [2.24, 2.45) is 0 Å². The summed E-state index contributed by atoms with van der Waals surface area (Å²) < 4.78 is 38.6. The number of hydrogen-bond donors (Lipinski definition) is 1. The van der Waals surface area contributed by atoms with Gasteiger partial charge in [0.25, 0.3) is 0 Å². The Balaban J connectivity index is 2.41. The largest absolute Gasteiger partial charge is 0.417 e. The molecule has 1 N–H and O–H groups in total. The molecule has 1 aromatic rings. The number of aliphatic hydroxyl groups excluding tert-OH is 1. The summed E-state index contributed by atoms with van der Waals surface area (Å²) in [6.07, 6.45) is -2.02. The van der Waals surface area contributed by atoms with Crippen molar-refractivity contribution < 1.29 is 18.3 Å². The van der Waals surface area contributed by atoms with E-state index in [1.807, 2.05) is 0 Å². The predicted molar refractivity (Wildman–Crippen MR) is 63.4 cm³/mol. The van der Waals surface area contributed by atoms with Crippen LogP contribution >= 0.6 is 0 Å². The molecule has 0 bridgehead atoms. The molecular formula is C14H14F3NO. The van der Waals surface area contributed by atoms with Gasteiger partial charge in [-0.1, -0.05) is 18.9 Å². The minimum atomic E-state index is -4.54. The Labute approximate surface area is 109 Å². The third-order valence-corrected chi connectivity index (χ3v) is 3.63. The molecule has 102 valence electrons. The molecule has 0 aromatic heterocycles. The quantitative estimate of drug-likeness (QED) is 0.846. The Hall–Kier alpha value is -1.54. The second-order valence-corrected chi connectivity index (χ2v) is 4.87. The summed E-state index contributed by atoms with van der Waals surface area (Å²) in [6.45, 7) is 0. The van der Waals surface area contributed by atoms with E-state index in [0.717, 1.165) is 18.9 Å². The van der Waals surface area contributed by atoms with Gasteiger partial charge in [0.05, 0.1) is 23.3 Å². The molecule has 2 atom stereocenters. The Kier molecular flexibility index (Phi) is 3.81. The molecule has 1 saturated carbocycles. The van der Waals surface area contributed by atoms with Crippen molar-refractivity contribution in [3.8, 4) is 6.07 Å². The maximum absolute atomic E-state index is 12.9. The monoisotopic (exact) mass is 269 g/mol. The van der Waals surface area contributed by atoms with Crippen LogP contribution in [0.5, 0.6) is 0 Å². The smallest absolute Gasteiger partial charge is 0.392 e. The summed E-state index contributed by atoms with van der Waals surface area (Å²) >= 11 is 0. The highest BCUT2D eigenvalue weighted by atomic mass is 19.4. The van der Waals surface area contributed by atoms with E-state index in [4.69, 9.17) is 5.26 Å². The maximum Gasteiger partial charge on any atom is 0.417 e.